The van der Waals surface area contributed by atoms with Gasteiger partial charge in [0.1, 0.15) is 0 Å². The molecule has 0 aromatic rings. The number of hydrogen-bond donors (Lipinski definition) is 0. The minimum absolute atomic E-state index is 0. The fourth-order valence-electron chi connectivity index (χ4n) is 0. The van der Waals surface area contributed by atoms with Crippen LogP contribution in [0.5, 0.6) is 0 Å². The van der Waals surface area contributed by atoms with E-state index in [9.17, 15) is 0 Å². The van der Waals surface area contributed by atoms with Gasteiger partial charge >= 0.3 is 0 Å². The maximum Gasteiger partial charge on any atom is 0.0361 e. The van der Waals surface area contributed by atoms with Crippen LogP contribution < -0.4 is 0 Å². The molecule has 0 aliphatic heterocycles. The van der Waals surface area contributed by atoms with E-state index in [1.807, 2.05) is 0 Å². The topological polar surface area (TPSA) is 0 Å². The first-order valence-electron chi connectivity index (χ1n) is 2.94. The van der Waals surface area contributed by atoms with Gasteiger partial charge in [0.2, 0.25) is 0 Å². The van der Waals surface area contributed by atoms with Crippen LogP contribution in [0.3, 0.4) is 0 Å². The molecule has 8 heavy (non-hydrogen) atoms. The molecule has 0 N–H and O–H groups in total. The predicted octanol–water partition coefficient (Wildman–Crippen LogP) is 2.91. The molecule has 0 aliphatic rings. The molecule has 0 aliphatic carbocycles. The van der Waals surface area contributed by atoms with Crippen molar-refractivity contribution < 1.29 is 0 Å². The third-order valence-electron chi connectivity index (χ3n) is 1.73. The Bertz CT molecular complexity index is 49.9. The van der Waals surface area contributed by atoms with Gasteiger partial charge in [-0.05, 0) is 5.04 Å². The summed E-state index contributed by atoms with van der Waals surface area (Å²) >= 11 is 0. The van der Waals surface area contributed by atoms with E-state index >= 15 is 0 Å². The van der Waals surface area contributed by atoms with Gasteiger partial charge in [-0.3, -0.25) is 0 Å². The Kier molecular flexibility index (Phi) is 4.54. The fourth-order valence-corrected chi connectivity index (χ4v) is 0. The summed E-state index contributed by atoms with van der Waals surface area (Å²) < 4.78 is 0. The second-order valence-electron chi connectivity index (χ2n) is 3.52. The van der Waals surface area contributed by atoms with Gasteiger partial charge in [0.15, 0.2) is 0 Å². The molecule has 0 amide bonds. The lowest BCUT2D eigenvalue weighted by Crippen LogP contribution is -2.16. The van der Waals surface area contributed by atoms with Crippen LogP contribution in [0.15, 0.2) is 0 Å². The van der Waals surface area contributed by atoms with Crippen LogP contribution in [0.25, 0.3) is 0 Å². The zero-order valence-electron chi connectivity index (χ0n) is 6.08. The summed E-state index contributed by atoms with van der Waals surface area (Å²) in [7, 11) is -0.359. The highest BCUT2D eigenvalue weighted by Gasteiger charge is 2.15. The largest absolute Gasteiger partial charge is 0.0776 e. The van der Waals surface area contributed by atoms with Crippen molar-refractivity contribution in [1.29, 1.82) is 0 Å². The lowest BCUT2D eigenvalue weighted by atomic mass is 10.2. The third-order valence-corrected chi connectivity index (χ3v) is 5.20. The Hall–Kier alpha value is 0.217. The minimum Gasteiger partial charge on any atom is -0.0776 e. The molecule has 0 radical (unpaired) electrons. The molecule has 0 heterocycles. The molecule has 0 aromatic heterocycles. The van der Waals surface area contributed by atoms with Crippen LogP contribution in [-0.4, -0.2) is 8.80 Å². The quantitative estimate of drug-likeness (QED) is 0.445. The molecule has 1 heteroatoms. The van der Waals surface area contributed by atoms with Crippen molar-refractivity contribution in [3.8, 4) is 0 Å². The lowest BCUT2D eigenvalue weighted by molar-refractivity contribution is 0.742. The van der Waals surface area contributed by atoms with Gasteiger partial charge in [-0.2, -0.15) is 0 Å². The molecule has 0 unspecified atom stereocenters. The normalized spacial score (nSPS) is 11.2. The Labute approximate surface area is 55.9 Å². The summed E-state index contributed by atoms with van der Waals surface area (Å²) in [5.74, 6) is 0. The molecular weight excluding hydrogens is 112 g/mol. The molecule has 0 rings (SSSR count). The first-order chi connectivity index (χ1) is 2.94. The lowest BCUT2D eigenvalue weighted by Gasteiger charge is -2.21. The average molecular weight is 132 g/mol. The van der Waals surface area contributed by atoms with Crippen molar-refractivity contribution in [2.45, 2.75) is 46.3 Å². The molecule has 0 spiro atoms. The molecule has 0 aromatic carbocycles. The van der Waals surface area contributed by atoms with Crippen LogP contribution in [-0.2, 0) is 0 Å². The monoisotopic (exact) mass is 132 g/mol. The van der Waals surface area contributed by atoms with Gasteiger partial charge in [0, 0.05) is 8.80 Å². The molecule has 0 nitrogen and oxygen atoms in total. The van der Waals surface area contributed by atoms with Crippen molar-refractivity contribution in [2.75, 3.05) is 0 Å². The van der Waals surface area contributed by atoms with E-state index in [1.54, 1.807) is 0 Å². The summed E-state index contributed by atoms with van der Waals surface area (Å²) in [6.45, 7) is 11.7. The smallest absolute Gasteiger partial charge is 0.0361 e. The average Bonchev–Trinajstić information content (AvgIpc) is 1.31. The Balaban J connectivity index is 0. The first kappa shape index (κ1) is 11.1. The van der Waals surface area contributed by atoms with Crippen molar-refractivity contribution in [1.82, 2.24) is 0 Å². The summed E-state index contributed by atoms with van der Waals surface area (Å²) in [6.07, 6.45) is 0. The summed E-state index contributed by atoms with van der Waals surface area (Å²) in [5, 5.41) is 0.639. The van der Waals surface area contributed by atoms with Crippen LogP contribution in [0.2, 0.25) is 18.1 Å². The Morgan fingerprint density at radius 2 is 1.12 bits per heavy atom. The third kappa shape index (κ3) is 4.38. The second kappa shape index (κ2) is 3.28. The van der Waals surface area contributed by atoms with Crippen molar-refractivity contribution in [3.05, 3.63) is 0 Å². The molecular formula is C7H20Si. The zero-order valence-corrected chi connectivity index (χ0v) is 7.23. The van der Waals surface area contributed by atoms with Crippen LogP contribution in [0, 0.1) is 0 Å². The standard InChI is InChI=1S/C6H16Si.CH4/c1-6(2,3)7(4)5;/h7H,1-5H3;1H4. The highest BCUT2D eigenvalue weighted by Crippen LogP contribution is 2.25. The first-order valence-corrected chi connectivity index (χ1v) is 5.83. The fraction of sp³-hybridized carbons (Fsp3) is 1.00. The van der Waals surface area contributed by atoms with Gasteiger partial charge in [-0.1, -0.05) is 41.3 Å². The molecule has 0 fully saturated rings. The molecule has 0 atom stereocenters. The van der Waals surface area contributed by atoms with Gasteiger partial charge in [0.05, 0.1) is 0 Å². The van der Waals surface area contributed by atoms with Crippen LogP contribution in [0.4, 0.5) is 0 Å². The maximum atomic E-state index is 2.39. The molecule has 0 bridgehead atoms. The highest BCUT2D eigenvalue weighted by molar-refractivity contribution is 6.59. The van der Waals surface area contributed by atoms with Crippen molar-refractivity contribution >= 4 is 8.80 Å². The maximum absolute atomic E-state index is 2.39. The molecule has 0 saturated heterocycles. The minimum atomic E-state index is -0.359. The summed E-state index contributed by atoms with van der Waals surface area (Å²) in [5.41, 5.74) is 0. The van der Waals surface area contributed by atoms with Gasteiger partial charge in [0.25, 0.3) is 0 Å². The Morgan fingerprint density at radius 1 is 1.00 bits per heavy atom. The molecule has 52 valence electrons. The SMILES string of the molecule is C.C[SiH](C)C(C)(C)C. The second-order valence-corrected chi connectivity index (χ2v) is 7.56. The van der Waals surface area contributed by atoms with Crippen LogP contribution >= 0.6 is 0 Å². The van der Waals surface area contributed by atoms with Gasteiger partial charge < -0.3 is 0 Å². The highest BCUT2D eigenvalue weighted by atomic mass is 28.3. The van der Waals surface area contributed by atoms with Crippen molar-refractivity contribution in [3.63, 3.8) is 0 Å². The number of hydrogen-bond acceptors (Lipinski definition) is 0. The summed E-state index contributed by atoms with van der Waals surface area (Å²) in [6, 6.07) is 0. The predicted molar refractivity (Wildman–Crippen MR) is 45.3 cm³/mol. The van der Waals surface area contributed by atoms with E-state index in [-0.39, 0.29) is 16.2 Å². The Morgan fingerprint density at radius 3 is 1.12 bits per heavy atom. The van der Waals surface area contributed by atoms with E-state index in [2.05, 4.69) is 33.9 Å². The molecule has 0 saturated carbocycles. The number of rotatable bonds is 0. The van der Waals surface area contributed by atoms with Gasteiger partial charge in [-0.25, -0.2) is 0 Å². The van der Waals surface area contributed by atoms with E-state index < -0.39 is 0 Å². The van der Waals surface area contributed by atoms with Crippen LogP contribution in [0.1, 0.15) is 28.2 Å². The zero-order chi connectivity index (χ0) is 6.08. The summed E-state index contributed by atoms with van der Waals surface area (Å²) in [4.78, 5) is 0. The van der Waals surface area contributed by atoms with E-state index in [1.165, 1.54) is 0 Å². The van der Waals surface area contributed by atoms with Gasteiger partial charge in [-0.15, -0.1) is 0 Å². The van der Waals surface area contributed by atoms with E-state index in [0.29, 0.717) is 5.04 Å². The van der Waals surface area contributed by atoms with E-state index in [4.69, 9.17) is 0 Å². The van der Waals surface area contributed by atoms with E-state index in [0.717, 1.165) is 0 Å². The van der Waals surface area contributed by atoms with Crippen molar-refractivity contribution in [2.24, 2.45) is 0 Å².